The fourth-order valence-corrected chi connectivity index (χ4v) is 3.30. The van der Waals surface area contributed by atoms with E-state index in [0.29, 0.717) is 13.0 Å². The molecule has 0 atom stereocenters. The number of esters is 1. The molecule has 1 aromatic rings. The minimum absolute atomic E-state index is 0.149. The Bertz CT molecular complexity index is 656. The quantitative estimate of drug-likeness (QED) is 0.403. The Morgan fingerprint density at radius 3 is 2.17 bits per heavy atom. The molecule has 0 saturated heterocycles. The fourth-order valence-electron chi connectivity index (χ4n) is 3.30. The highest BCUT2D eigenvalue weighted by molar-refractivity contribution is 5.90. The molecule has 0 aromatic heterocycles. The number of hydrogen-bond acceptors (Lipinski definition) is 2. The minimum Gasteiger partial charge on any atom is -0.463 e. The summed E-state index contributed by atoms with van der Waals surface area (Å²) in [6.45, 7) is 2.27. The van der Waals surface area contributed by atoms with Crippen LogP contribution < -0.4 is 0 Å². The van der Waals surface area contributed by atoms with Crippen molar-refractivity contribution in [2.24, 2.45) is 0 Å². The Labute approximate surface area is 143 Å². The topological polar surface area (TPSA) is 26.3 Å². The number of hydrogen-bond donors (Lipinski definition) is 0. The second-order valence-electron chi connectivity index (χ2n) is 6.70. The van der Waals surface area contributed by atoms with Gasteiger partial charge in [0.15, 0.2) is 0 Å². The molecular formula is C21H25FO2. The molecule has 0 bridgehead atoms. The van der Waals surface area contributed by atoms with Crippen molar-refractivity contribution in [2.45, 2.75) is 58.3 Å². The van der Waals surface area contributed by atoms with E-state index in [1.165, 1.54) is 41.7 Å². The average Bonchev–Trinajstić information content (AvgIpc) is 2.45. The average molecular weight is 328 g/mol. The molecule has 0 amide bonds. The summed E-state index contributed by atoms with van der Waals surface area (Å²) in [6.07, 6.45) is 8.19. The van der Waals surface area contributed by atoms with Crippen molar-refractivity contribution in [1.82, 2.24) is 0 Å². The summed E-state index contributed by atoms with van der Waals surface area (Å²) in [6, 6.07) is 6.70. The SMILES string of the molecule is CCOC(=O)C(CC(Cc1ccc(F)cc1)=C1CCC1)=C1CCC1. The van der Waals surface area contributed by atoms with Gasteiger partial charge < -0.3 is 4.74 Å². The molecule has 0 N–H and O–H groups in total. The van der Waals surface area contributed by atoms with Gasteiger partial charge in [0.05, 0.1) is 6.61 Å². The summed E-state index contributed by atoms with van der Waals surface area (Å²) in [5, 5.41) is 0. The molecule has 2 aliphatic carbocycles. The van der Waals surface area contributed by atoms with Gasteiger partial charge in [0.1, 0.15) is 5.82 Å². The van der Waals surface area contributed by atoms with Crippen LogP contribution in [0, 0.1) is 5.82 Å². The van der Waals surface area contributed by atoms with Crippen molar-refractivity contribution in [3.05, 3.63) is 57.9 Å². The summed E-state index contributed by atoms with van der Waals surface area (Å²) in [7, 11) is 0. The van der Waals surface area contributed by atoms with Crippen LogP contribution in [-0.2, 0) is 16.0 Å². The van der Waals surface area contributed by atoms with Crippen molar-refractivity contribution in [2.75, 3.05) is 6.61 Å². The Kier molecular flexibility index (Phi) is 5.49. The van der Waals surface area contributed by atoms with Gasteiger partial charge in [-0.1, -0.05) is 28.9 Å². The molecule has 0 radical (unpaired) electrons. The maximum Gasteiger partial charge on any atom is 0.334 e. The van der Waals surface area contributed by atoms with Gasteiger partial charge in [-0.2, -0.15) is 0 Å². The molecule has 1 aromatic carbocycles. The summed E-state index contributed by atoms with van der Waals surface area (Å²) >= 11 is 0. The lowest BCUT2D eigenvalue weighted by Crippen LogP contribution is -2.16. The highest BCUT2D eigenvalue weighted by atomic mass is 19.1. The minimum atomic E-state index is -0.208. The van der Waals surface area contributed by atoms with Crippen molar-refractivity contribution < 1.29 is 13.9 Å². The summed E-state index contributed by atoms with van der Waals surface area (Å²) < 4.78 is 18.4. The maximum atomic E-state index is 13.1. The van der Waals surface area contributed by atoms with Crippen LogP contribution >= 0.6 is 0 Å². The molecule has 2 nitrogen and oxygen atoms in total. The third kappa shape index (κ3) is 3.95. The normalized spacial score (nSPS) is 16.2. The molecular weight excluding hydrogens is 303 g/mol. The van der Waals surface area contributed by atoms with Crippen LogP contribution in [0.3, 0.4) is 0 Å². The highest BCUT2D eigenvalue weighted by Crippen LogP contribution is 2.37. The molecule has 3 rings (SSSR count). The van der Waals surface area contributed by atoms with E-state index in [0.717, 1.165) is 43.2 Å². The molecule has 2 fully saturated rings. The predicted octanol–water partition coefficient (Wildman–Crippen LogP) is 5.28. The van der Waals surface area contributed by atoms with Crippen LogP contribution in [-0.4, -0.2) is 12.6 Å². The summed E-state index contributed by atoms with van der Waals surface area (Å²) in [4.78, 5) is 12.4. The molecule has 0 unspecified atom stereocenters. The lowest BCUT2D eigenvalue weighted by Gasteiger charge is -2.26. The largest absolute Gasteiger partial charge is 0.463 e. The first-order valence-corrected chi connectivity index (χ1v) is 8.99. The van der Waals surface area contributed by atoms with E-state index in [1.54, 1.807) is 0 Å². The number of ether oxygens (including phenoxy) is 1. The number of halogens is 1. The summed E-state index contributed by atoms with van der Waals surface area (Å²) in [5.41, 5.74) is 6.05. The van der Waals surface area contributed by atoms with Gasteiger partial charge in [0.25, 0.3) is 0 Å². The molecule has 0 heterocycles. The van der Waals surface area contributed by atoms with Crippen molar-refractivity contribution >= 4 is 5.97 Å². The standard InChI is InChI=1S/C21H25FO2/c1-2-24-21(23)20(17-7-4-8-17)14-18(16-5-3-6-16)13-15-9-11-19(22)12-10-15/h9-12H,2-8,13-14H2,1H3. The molecule has 0 spiro atoms. The van der Waals surface area contributed by atoms with Crippen LogP contribution in [0.25, 0.3) is 0 Å². The first-order valence-electron chi connectivity index (χ1n) is 8.99. The first-order chi connectivity index (χ1) is 11.7. The van der Waals surface area contributed by atoms with Crippen LogP contribution in [0.5, 0.6) is 0 Å². The number of carbonyl (C=O) groups excluding carboxylic acids is 1. The van der Waals surface area contributed by atoms with Gasteiger partial charge in [-0.05, 0) is 69.6 Å². The van der Waals surface area contributed by atoms with Crippen LogP contribution in [0.1, 0.15) is 57.4 Å². The highest BCUT2D eigenvalue weighted by Gasteiger charge is 2.24. The van der Waals surface area contributed by atoms with E-state index < -0.39 is 0 Å². The van der Waals surface area contributed by atoms with E-state index in [4.69, 9.17) is 4.74 Å². The van der Waals surface area contributed by atoms with Crippen molar-refractivity contribution in [3.63, 3.8) is 0 Å². The van der Waals surface area contributed by atoms with Gasteiger partial charge in [-0.3, -0.25) is 0 Å². The predicted molar refractivity (Wildman–Crippen MR) is 93.1 cm³/mol. The second-order valence-corrected chi connectivity index (χ2v) is 6.70. The lowest BCUT2D eigenvalue weighted by atomic mass is 9.80. The Hall–Kier alpha value is -1.90. The van der Waals surface area contributed by atoms with Gasteiger partial charge in [-0.25, -0.2) is 9.18 Å². The molecule has 128 valence electrons. The second kappa shape index (κ2) is 7.78. The van der Waals surface area contributed by atoms with Gasteiger partial charge in [0.2, 0.25) is 0 Å². The zero-order valence-corrected chi connectivity index (χ0v) is 14.4. The number of benzene rings is 1. The number of allylic oxidation sites excluding steroid dienone is 3. The molecule has 24 heavy (non-hydrogen) atoms. The monoisotopic (exact) mass is 328 g/mol. The molecule has 3 heteroatoms. The van der Waals surface area contributed by atoms with Gasteiger partial charge in [0, 0.05) is 12.0 Å². The Morgan fingerprint density at radius 1 is 1.04 bits per heavy atom. The van der Waals surface area contributed by atoms with Crippen LogP contribution in [0.15, 0.2) is 46.6 Å². The number of carbonyl (C=O) groups is 1. The molecule has 2 saturated carbocycles. The van der Waals surface area contributed by atoms with Gasteiger partial charge in [-0.15, -0.1) is 0 Å². The van der Waals surface area contributed by atoms with Gasteiger partial charge >= 0.3 is 5.97 Å². The number of rotatable bonds is 6. The van der Waals surface area contributed by atoms with Crippen LogP contribution in [0.4, 0.5) is 4.39 Å². The zero-order valence-electron chi connectivity index (χ0n) is 14.4. The smallest absolute Gasteiger partial charge is 0.334 e. The van der Waals surface area contributed by atoms with E-state index in [1.807, 2.05) is 19.1 Å². The Balaban J connectivity index is 1.81. The fraction of sp³-hybridized carbons (Fsp3) is 0.476. The maximum absolute atomic E-state index is 13.1. The van der Waals surface area contributed by atoms with E-state index >= 15 is 0 Å². The van der Waals surface area contributed by atoms with E-state index in [9.17, 15) is 9.18 Å². The van der Waals surface area contributed by atoms with E-state index in [-0.39, 0.29) is 11.8 Å². The Morgan fingerprint density at radius 2 is 1.67 bits per heavy atom. The molecule has 0 aliphatic heterocycles. The zero-order chi connectivity index (χ0) is 16.9. The first kappa shape index (κ1) is 16.9. The lowest BCUT2D eigenvalue weighted by molar-refractivity contribution is -0.138. The third-order valence-corrected chi connectivity index (χ3v) is 5.08. The molecule has 2 aliphatic rings. The van der Waals surface area contributed by atoms with Crippen molar-refractivity contribution in [3.8, 4) is 0 Å². The third-order valence-electron chi connectivity index (χ3n) is 5.08. The van der Waals surface area contributed by atoms with E-state index in [2.05, 4.69) is 0 Å². The van der Waals surface area contributed by atoms with Crippen LogP contribution in [0.2, 0.25) is 0 Å². The summed E-state index contributed by atoms with van der Waals surface area (Å²) in [5.74, 6) is -0.357. The van der Waals surface area contributed by atoms with Crippen molar-refractivity contribution in [1.29, 1.82) is 0 Å².